The molecule has 2 rings (SSSR count). The number of imide groups is 1. The zero-order chi connectivity index (χ0) is 13.7. The van der Waals surface area contributed by atoms with E-state index >= 15 is 0 Å². The normalized spacial score (nSPS) is 9.74. The van der Waals surface area contributed by atoms with Crippen LogP contribution in [0, 0.1) is 0 Å². The molecule has 19 heavy (non-hydrogen) atoms. The lowest BCUT2D eigenvalue weighted by Crippen LogP contribution is -2.34. The molecule has 0 aliphatic rings. The zero-order valence-electron chi connectivity index (χ0n) is 9.88. The Morgan fingerprint density at radius 3 is 2.58 bits per heavy atom. The molecule has 3 N–H and O–H groups in total. The number of amides is 3. The number of nitrogens with one attached hydrogen (secondary N) is 3. The van der Waals surface area contributed by atoms with Gasteiger partial charge in [0.2, 0.25) is 0 Å². The van der Waals surface area contributed by atoms with Gasteiger partial charge < -0.3 is 4.74 Å². The van der Waals surface area contributed by atoms with Crippen molar-refractivity contribution in [2.45, 2.75) is 0 Å². The van der Waals surface area contributed by atoms with Gasteiger partial charge in [-0.15, -0.1) is 5.10 Å². The summed E-state index contributed by atoms with van der Waals surface area (Å²) in [7, 11) is 1.52. The quantitative estimate of drug-likeness (QED) is 0.724. The maximum absolute atomic E-state index is 11.7. The van der Waals surface area contributed by atoms with E-state index in [0.717, 1.165) is 0 Å². The molecule has 0 saturated heterocycles. The number of rotatable bonds is 3. The molecule has 3 amide bonds. The number of H-pyrrole nitrogens is 1. The minimum atomic E-state index is -0.748. The monoisotopic (exact) mass is 262 g/mol. The van der Waals surface area contributed by atoms with E-state index < -0.39 is 11.9 Å². The SMILES string of the molecule is COc1ccc(C(=O)NC(=O)Nc2nn[nH]n2)cc1. The lowest BCUT2D eigenvalue weighted by molar-refractivity contribution is 0.0967. The van der Waals surface area contributed by atoms with E-state index in [1.807, 2.05) is 0 Å². The van der Waals surface area contributed by atoms with E-state index in [1.54, 1.807) is 12.1 Å². The van der Waals surface area contributed by atoms with Gasteiger partial charge in [-0.1, -0.05) is 5.10 Å². The van der Waals surface area contributed by atoms with E-state index in [1.165, 1.54) is 19.2 Å². The second kappa shape index (κ2) is 5.58. The maximum Gasteiger partial charge on any atom is 0.328 e. The summed E-state index contributed by atoms with van der Waals surface area (Å²) in [5, 5.41) is 16.8. The van der Waals surface area contributed by atoms with Crippen molar-refractivity contribution < 1.29 is 14.3 Å². The molecule has 0 aliphatic heterocycles. The minimum Gasteiger partial charge on any atom is -0.497 e. The van der Waals surface area contributed by atoms with Gasteiger partial charge in [0.15, 0.2) is 0 Å². The minimum absolute atomic E-state index is 0.0277. The van der Waals surface area contributed by atoms with Crippen LogP contribution in [0.5, 0.6) is 5.75 Å². The van der Waals surface area contributed by atoms with Gasteiger partial charge in [0, 0.05) is 5.56 Å². The van der Waals surface area contributed by atoms with Crippen LogP contribution in [0.3, 0.4) is 0 Å². The third kappa shape index (κ3) is 3.25. The number of methoxy groups -OCH3 is 1. The zero-order valence-corrected chi connectivity index (χ0v) is 9.88. The number of nitrogens with zero attached hydrogens (tertiary/aromatic N) is 3. The first-order valence-corrected chi connectivity index (χ1v) is 5.19. The highest BCUT2D eigenvalue weighted by molar-refractivity contribution is 6.07. The van der Waals surface area contributed by atoms with Crippen molar-refractivity contribution >= 4 is 17.9 Å². The number of aromatic nitrogens is 4. The number of carbonyl (C=O) groups excluding carboxylic acids is 2. The molecule has 9 nitrogen and oxygen atoms in total. The first-order valence-electron chi connectivity index (χ1n) is 5.19. The van der Waals surface area contributed by atoms with Crippen molar-refractivity contribution in [3.8, 4) is 5.75 Å². The molecule has 0 bridgehead atoms. The van der Waals surface area contributed by atoms with Crippen LogP contribution in [-0.4, -0.2) is 39.7 Å². The highest BCUT2D eigenvalue weighted by atomic mass is 16.5. The number of carbonyl (C=O) groups is 2. The van der Waals surface area contributed by atoms with Crippen LogP contribution in [0.4, 0.5) is 10.7 Å². The Labute approximate surface area is 107 Å². The van der Waals surface area contributed by atoms with Crippen LogP contribution in [0.15, 0.2) is 24.3 Å². The molecule has 1 aromatic carbocycles. The maximum atomic E-state index is 11.7. The Balaban J connectivity index is 1.94. The van der Waals surface area contributed by atoms with Crippen LogP contribution in [0.25, 0.3) is 0 Å². The number of urea groups is 1. The Kier molecular flexibility index (Phi) is 3.67. The molecule has 1 heterocycles. The average molecular weight is 262 g/mol. The third-order valence-electron chi connectivity index (χ3n) is 2.15. The first kappa shape index (κ1) is 12.5. The van der Waals surface area contributed by atoms with Crippen LogP contribution in [0.2, 0.25) is 0 Å². The van der Waals surface area contributed by atoms with Gasteiger partial charge in [0.1, 0.15) is 5.75 Å². The van der Waals surface area contributed by atoms with Crippen molar-refractivity contribution in [1.82, 2.24) is 25.9 Å². The summed E-state index contributed by atoms with van der Waals surface area (Å²) in [5.74, 6) is 0.0384. The van der Waals surface area contributed by atoms with E-state index in [2.05, 4.69) is 31.3 Å². The summed E-state index contributed by atoms with van der Waals surface area (Å²) >= 11 is 0. The van der Waals surface area contributed by atoms with Gasteiger partial charge >= 0.3 is 6.03 Å². The third-order valence-corrected chi connectivity index (χ3v) is 2.15. The lowest BCUT2D eigenvalue weighted by atomic mass is 10.2. The fourth-order valence-corrected chi connectivity index (χ4v) is 1.27. The number of tetrazole rings is 1. The molecule has 0 aliphatic carbocycles. The predicted octanol–water partition coefficient (Wildman–Crippen LogP) is 0.170. The van der Waals surface area contributed by atoms with Crippen LogP contribution in [0.1, 0.15) is 10.4 Å². The molecule has 0 radical (unpaired) electrons. The van der Waals surface area contributed by atoms with Crippen molar-refractivity contribution in [3.63, 3.8) is 0 Å². The highest BCUT2D eigenvalue weighted by Gasteiger charge is 2.11. The Morgan fingerprint density at radius 1 is 1.26 bits per heavy atom. The largest absolute Gasteiger partial charge is 0.497 e. The van der Waals surface area contributed by atoms with Crippen LogP contribution >= 0.6 is 0 Å². The summed E-state index contributed by atoms with van der Waals surface area (Å²) < 4.78 is 4.96. The Bertz CT molecular complexity index is 565. The molecule has 0 saturated carbocycles. The van der Waals surface area contributed by atoms with Crippen molar-refractivity contribution in [2.75, 3.05) is 12.4 Å². The Morgan fingerprint density at radius 2 is 2.00 bits per heavy atom. The summed E-state index contributed by atoms with van der Waals surface area (Å²) in [6, 6.07) is 5.56. The number of benzene rings is 1. The van der Waals surface area contributed by atoms with Gasteiger partial charge in [-0.2, -0.15) is 5.21 Å². The number of anilines is 1. The average Bonchev–Trinajstić information content (AvgIpc) is 2.91. The van der Waals surface area contributed by atoms with E-state index in [4.69, 9.17) is 4.74 Å². The predicted molar refractivity (Wildman–Crippen MR) is 63.7 cm³/mol. The number of aromatic amines is 1. The molecule has 98 valence electrons. The van der Waals surface area contributed by atoms with Crippen LogP contribution in [-0.2, 0) is 0 Å². The van der Waals surface area contributed by atoms with Crippen molar-refractivity contribution in [1.29, 1.82) is 0 Å². The number of ether oxygens (including phenoxy) is 1. The molecule has 9 heteroatoms. The summed E-state index contributed by atoms with van der Waals surface area (Å²) in [5.41, 5.74) is 0.323. The second-order valence-corrected chi connectivity index (χ2v) is 3.37. The number of hydrogen-bond acceptors (Lipinski definition) is 6. The topological polar surface area (TPSA) is 122 Å². The molecule has 0 fully saturated rings. The molecule has 0 atom stereocenters. The van der Waals surface area contributed by atoms with E-state index in [-0.39, 0.29) is 5.95 Å². The van der Waals surface area contributed by atoms with Crippen molar-refractivity contribution in [3.05, 3.63) is 29.8 Å². The van der Waals surface area contributed by atoms with E-state index in [9.17, 15) is 9.59 Å². The fourth-order valence-electron chi connectivity index (χ4n) is 1.27. The highest BCUT2D eigenvalue weighted by Crippen LogP contribution is 2.10. The summed E-state index contributed by atoms with van der Waals surface area (Å²) in [4.78, 5) is 23.1. The fraction of sp³-hybridized carbons (Fsp3) is 0.100. The lowest BCUT2D eigenvalue weighted by Gasteiger charge is -2.04. The first-order chi connectivity index (χ1) is 9.19. The molecular weight excluding hydrogens is 252 g/mol. The standard InChI is InChI=1S/C10H10N6O3/c1-19-7-4-2-6(3-5-7)8(17)11-10(18)12-9-13-15-16-14-9/h2-5H,1H3,(H3,11,12,13,14,15,16,17,18). The molecule has 2 aromatic rings. The van der Waals surface area contributed by atoms with Gasteiger partial charge in [-0.25, -0.2) is 4.79 Å². The Hall–Kier alpha value is -2.97. The van der Waals surface area contributed by atoms with Gasteiger partial charge in [0.25, 0.3) is 11.9 Å². The molecule has 1 aromatic heterocycles. The van der Waals surface area contributed by atoms with Crippen molar-refractivity contribution in [2.24, 2.45) is 0 Å². The molecule has 0 unspecified atom stereocenters. The summed E-state index contributed by atoms with van der Waals surface area (Å²) in [6.07, 6.45) is 0. The number of hydrogen-bond donors (Lipinski definition) is 3. The van der Waals surface area contributed by atoms with E-state index in [0.29, 0.717) is 11.3 Å². The smallest absolute Gasteiger partial charge is 0.328 e. The van der Waals surface area contributed by atoms with Gasteiger partial charge in [0.05, 0.1) is 7.11 Å². The van der Waals surface area contributed by atoms with Gasteiger partial charge in [-0.3, -0.25) is 15.4 Å². The van der Waals surface area contributed by atoms with Gasteiger partial charge in [-0.05, 0) is 29.5 Å². The molecular formula is C10H10N6O3. The molecule has 0 spiro atoms. The second-order valence-electron chi connectivity index (χ2n) is 3.37. The summed E-state index contributed by atoms with van der Waals surface area (Å²) in [6.45, 7) is 0. The van der Waals surface area contributed by atoms with Crippen LogP contribution < -0.4 is 15.4 Å².